The molecule has 2 atom stereocenters. The number of anilines is 1. The normalized spacial score (nSPS) is 28.9. The van der Waals surface area contributed by atoms with Gasteiger partial charge in [-0.05, 0) is 18.6 Å². The molecule has 1 aromatic rings. The molecule has 2 saturated heterocycles. The lowest BCUT2D eigenvalue weighted by Crippen LogP contribution is -2.62. The molecule has 0 radical (unpaired) electrons. The second-order valence-electron chi connectivity index (χ2n) is 5.11. The number of fused-ring (bicyclic) bond motifs is 2. The van der Waals surface area contributed by atoms with Gasteiger partial charge in [0.15, 0.2) is 0 Å². The van der Waals surface area contributed by atoms with Gasteiger partial charge in [-0.25, -0.2) is 4.98 Å². The lowest BCUT2D eigenvalue weighted by atomic mass is 9.99. The number of carboxylic acid groups (broad SMARTS) is 1. The van der Waals surface area contributed by atoms with Gasteiger partial charge in [0.2, 0.25) is 0 Å². The zero-order valence-electron chi connectivity index (χ0n) is 10.3. The molecule has 0 aromatic carbocycles. The molecule has 1 aromatic heterocycles. The van der Waals surface area contributed by atoms with Gasteiger partial charge in [-0.3, -0.25) is 0 Å². The number of nitrogens with one attached hydrogen (secondary N) is 1. The maximum atomic E-state index is 12.7. The molecule has 0 aliphatic carbocycles. The number of aromatic nitrogens is 1. The molecular weight excluding hydrogens is 275 g/mol. The zero-order valence-corrected chi connectivity index (χ0v) is 10.3. The number of carboxylic acids is 1. The van der Waals surface area contributed by atoms with Crippen molar-refractivity contribution in [1.29, 1.82) is 0 Å². The number of aliphatic carboxylic acids is 1. The molecule has 2 aliphatic rings. The molecule has 0 unspecified atom stereocenters. The van der Waals surface area contributed by atoms with E-state index in [4.69, 9.17) is 0 Å². The Kier molecular flexibility index (Phi) is 2.69. The van der Waals surface area contributed by atoms with Gasteiger partial charge in [-0.2, -0.15) is 13.2 Å². The van der Waals surface area contributed by atoms with Crippen molar-refractivity contribution in [3.05, 3.63) is 23.9 Å². The van der Waals surface area contributed by atoms with E-state index in [0.29, 0.717) is 13.0 Å². The smallest absolute Gasteiger partial charge is 0.416 e. The van der Waals surface area contributed by atoms with Gasteiger partial charge in [-0.1, -0.05) is 0 Å². The van der Waals surface area contributed by atoms with Crippen LogP contribution < -0.4 is 15.3 Å². The topological polar surface area (TPSA) is 68.3 Å². The van der Waals surface area contributed by atoms with Crippen molar-refractivity contribution in [2.75, 3.05) is 18.0 Å². The van der Waals surface area contributed by atoms with E-state index >= 15 is 0 Å². The minimum Gasteiger partial charge on any atom is -0.548 e. The van der Waals surface area contributed by atoms with E-state index in [0.717, 1.165) is 18.3 Å². The molecule has 0 spiro atoms. The van der Waals surface area contributed by atoms with Crippen molar-refractivity contribution in [3.8, 4) is 0 Å². The second-order valence-corrected chi connectivity index (χ2v) is 5.11. The van der Waals surface area contributed by atoms with Gasteiger partial charge in [0.05, 0.1) is 17.1 Å². The second kappa shape index (κ2) is 4.08. The first-order chi connectivity index (χ1) is 9.33. The number of carbonyl (C=O) groups is 1. The van der Waals surface area contributed by atoms with Crippen molar-refractivity contribution in [2.24, 2.45) is 0 Å². The molecule has 108 valence electrons. The quantitative estimate of drug-likeness (QED) is 0.813. The Morgan fingerprint density at radius 3 is 2.90 bits per heavy atom. The Hall–Kier alpha value is -1.83. The van der Waals surface area contributed by atoms with Crippen LogP contribution in [-0.2, 0) is 11.0 Å². The molecule has 0 saturated carbocycles. The van der Waals surface area contributed by atoms with Crippen molar-refractivity contribution in [1.82, 2.24) is 10.3 Å². The number of alkyl halides is 3. The van der Waals surface area contributed by atoms with Gasteiger partial charge >= 0.3 is 6.18 Å². The highest BCUT2D eigenvalue weighted by Crippen LogP contribution is 2.39. The lowest BCUT2D eigenvalue weighted by Gasteiger charge is -2.40. The van der Waals surface area contributed by atoms with Gasteiger partial charge in [0, 0.05) is 25.3 Å². The minimum absolute atomic E-state index is 0.0213. The average molecular weight is 286 g/mol. The summed E-state index contributed by atoms with van der Waals surface area (Å²) in [6.45, 7) is 0.459. The van der Waals surface area contributed by atoms with Gasteiger partial charge in [0.25, 0.3) is 0 Å². The molecule has 3 rings (SSSR count). The van der Waals surface area contributed by atoms with E-state index in [-0.39, 0.29) is 18.4 Å². The number of carbonyl (C=O) groups excluding carboxylic acids is 1. The predicted molar refractivity (Wildman–Crippen MR) is 60.7 cm³/mol. The SMILES string of the molecule is O=C([O-])[C@@]12CN[C@@H](CN1c1cc(C(F)(F)F)ccn1)C2. The average Bonchev–Trinajstić information content (AvgIpc) is 2.97. The monoisotopic (exact) mass is 286 g/mol. The summed E-state index contributed by atoms with van der Waals surface area (Å²) in [5.74, 6) is -1.27. The van der Waals surface area contributed by atoms with E-state index in [1.165, 1.54) is 4.90 Å². The van der Waals surface area contributed by atoms with Crippen LogP contribution in [0.3, 0.4) is 0 Å². The molecule has 3 heterocycles. The fourth-order valence-electron chi connectivity index (χ4n) is 2.92. The third-order valence-corrected chi connectivity index (χ3v) is 3.92. The van der Waals surface area contributed by atoms with E-state index in [9.17, 15) is 23.1 Å². The zero-order chi connectivity index (χ0) is 14.5. The molecular formula is C12H11F3N3O2-. The number of nitrogens with zero attached hydrogens (tertiary/aromatic N) is 2. The summed E-state index contributed by atoms with van der Waals surface area (Å²) in [6.07, 6.45) is -3.13. The predicted octanol–water partition coefficient (Wildman–Crippen LogP) is -0.229. The molecule has 5 nitrogen and oxygen atoms in total. The van der Waals surface area contributed by atoms with Gasteiger partial charge in [0.1, 0.15) is 5.82 Å². The summed E-state index contributed by atoms with van der Waals surface area (Å²) in [4.78, 5) is 16.7. The minimum atomic E-state index is -4.48. The maximum absolute atomic E-state index is 12.7. The first-order valence-electron chi connectivity index (χ1n) is 6.09. The van der Waals surface area contributed by atoms with E-state index in [2.05, 4.69) is 10.3 Å². The maximum Gasteiger partial charge on any atom is 0.416 e. The van der Waals surface area contributed by atoms with Gasteiger partial charge in [-0.15, -0.1) is 0 Å². The van der Waals surface area contributed by atoms with Crippen LogP contribution in [0.2, 0.25) is 0 Å². The van der Waals surface area contributed by atoms with Gasteiger partial charge < -0.3 is 20.1 Å². The van der Waals surface area contributed by atoms with E-state index in [1.807, 2.05) is 0 Å². The number of pyridine rings is 1. The third kappa shape index (κ3) is 1.82. The molecule has 1 N–H and O–H groups in total. The van der Waals surface area contributed by atoms with E-state index < -0.39 is 23.2 Å². The number of hydrogen-bond acceptors (Lipinski definition) is 5. The Morgan fingerprint density at radius 1 is 1.55 bits per heavy atom. The molecule has 20 heavy (non-hydrogen) atoms. The highest BCUT2D eigenvalue weighted by molar-refractivity contribution is 5.84. The summed E-state index contributed by atoms with van der Waals surface area (Å²) in [6, 6.07) is 1.68. The first kappa shape index (κ1) is 13.2. The Bertz CT molecular complexity index is 563. The Labute approximate surface area is 112 Å². The van der Waals surface area contributed by atoms with Crippen LogP contribution in [-0.4, -0.2) is 35.6 Å². The summed E-state index contributed by atoms with van der Waals surface area (Å²) in [7, 11) is 0. The highest BCUT2D eigenvalue weighted by Gasteiger charge is 2.52. The fourth-order valence-corrected chi connectivity index (χ4v) is 2.92. The Balaban J connectivity index is 2.00. The fraction of sp³-hybridized carbons (Fsp3) is 0.500. The molecule has 2 aliphatic heterocycles. The molecule has 0 amide bonds. The van der Waals surface area contributed by atoms with Crippen molar-refractivity contribution in [2.45, 2.75) is 24.2 Å². The molecule has 2 bridgehead atoms. The van der Waals surface area contributed by atoms with Crippen LogP contribution in [0.15, 0.2) is 18.3 Å². The Morgan fingerprint density at radius 2 is 2.30 bits per heavy atom. The van der Waals surface area contributed by atoms with Crippen LogP contribution in [0.4, 0.5) is 19.0 Å². The largest absolute Gasteiger partial charge is 0.548 e. The highest BCUT2D eigenvalue weighted by atomic mass is 19.4. The van der Waals surface area contributed by atoms with Crippen LogP contribution in [0.5, 0.6) is 0 Å². The number of halogens is 3. The molecule has 2 fully saturated rings. The third-order valence-electron chi connectivity index (χ3n) is 3.92. The van der Waals surface area contributed by atoms with Crippen LogP contribution in [0.1, 0.15) is 12.0 Å². The standard InChI is InChI=1S/C12H12F3N3O2/c13-12(14,15)7-1-2-16-9(3-7)18-5-8-4-11(18,6-17-8)10(19)20/h1-3,8,17H,4-6H2,(H,19,20)/p-1/t8-,11-/m1/s1. The number of hydrogen-bond donors (Lipinski definition) is 1. The van der Waals surface area contributed by atoms with Crippen LogP contribution in [0, 0.1) is 0 Å². The summed E-state index contributed by atoms with van der Waals surface area (Å²) < 4.78 is 38.1. The summed E-state index contributed by atoms with van der Waals surface area (Å²) in [5.41, 5.74) is -2.14. The van der Waals surface area contributed by atoms with Crippen molar-refractivity contribution >= 4 is 11.8 Å². The first-order valence-corrected chi connectivity index (χ1v) is 6.09. The van der Waals surface area contributed by atoms with Crippen LogP contribution >= 0.6 is 0 Å². The number of piperazine rings is 1. The van der Waals surface area contributed by atoms with Crippen molar-refractivity contribution in [3.63, 3.8) is 0 Å². The van der Waals surface area contributed by atoms with E-state index in [1.54, 1.807) is 0 Å². The van der Waals surface area contributed by atoms with Crippen LogP contribution in [0.25, 0.3) is 0 Å². The number of rotatable bonds is 2. The summed E-state index contributed by atoms with van der Waals surface area (Å²) >= 11 is 0. The van der Waals surface area contributed by atoms with Crippen molar-refractivity contribution < 1.29 is 23.1 Å². The summed E-state index contributed by atoms with van der Waals surface area (Å²) in [5, 5.41) is 14.4. The molecule has 8 heteroatoms. The lowest BCUT2D eigenvalue weighted by molar-refractivity contribution is -0.312.